The van der Waals surface area contributed by atoms with E-state index in [1.165, 1.54) is 0 Å². The highest BCUT2D eigenvalue weighted by atomic mass is 32.2. The third-order valence-corrected chi connectivity index (χ3v) is 1.73. The van der Waals surface area contributed by atoms with E-state index in [1.54, 1.807) is 11.8 Å². The molecule has 10 heavy (non-hydrogen) atoms. The second kappa shape index (κ2) is 6.93. The molecule has 0 unspecified atom stereocenters. The zero-order valence-electron chi connectivity index (χ0n) is 6.55. The van der Waals surface area contributed by atoms with Crippen LogP contribution in [-0.4, -0.2) is 24.6 Å². The normalized spacial score (nSPS) is 9.40. The fourth-order valence-corrected chi connectivity index (χ4v) is 1.03. The van der Waals surface area contributed by atoms with E-state index in [-0.39, 0.29) is 5.97 Å². The van der Waals surface area contributed by atoms with Gasteiger partial charge in [0.15, 0.2) is 0 Å². The molecule has 0 spiro atoms. The fourth-order valence-electron chi connectivity index (χ4n) is 0.594. The van der Waals surface area contributed by atoms with Crippen molar-refractivity contribution < 1.29 is 9.53 Å². The Morgan fingerprint density at radius 2 is 2.30 bits per heavy atom. The molecule has 0 aliphatic rings. The molecule has 0 aliphatic carbocycles. The smallest absolute Gasteiger partial charge is 0.305 e. The first-order valence-corrected chi connectivity index (χ1v) is 4.85. The van der Waals surface area contributed by atoms with Crippen molar-refractivity contribution >= 4 is 17.7 Å². The molecule has 0 N–H and O–H groups in total. The minimum absolute atomic E-state index is 0.0726. The van der Waals surface area contributed by atoms with Crippen LogP contribution in [0.25, 0.3) is 0 Å². The maximum absolute atomic E-state index is 10.7. The molecule has 0 heterocycles. The Hall–Kier alpha value is -0.180. The van der Waals surface area contributed by atoms with Crippen LogP contribution < -0.4 is 0 Å². The monoisotopic (exact) mass is 162 g/mol. The Morgan fingerprint density at radius 1 is 1.60 bits per heavy atom. The van der Waals surface area contributed by atoms with E-state index >= 15 is 0 Å². The summed E-state index contributed by atoms with van der Waals surface area (Å²) >= 11 is 1.75. The van der Waals surface area contributed by atoms with E-state index in [4.69, 9.17) is 4.74 Å². The van der Waals surface area contributed by atoms with Gasteiger partial charge in [0.2, 0.25) is 0 Å². The number of thioether (sulfide) groups is 1. The molecule has 2 nitrogen and oxygen atoms in total. The largest absolute Gasteiger partial charge is 0.466 e. The van der Waals surface area contributed by atoms with Crippen LogP contribution in [0.5, 0.6) is 0 Å². The van der Waals surface area contributed by atoms with E-state index in [0.717, 1.165) is 12.2 Å². The Balaban J connectivity index is 3.05. The highest BCUT2D eigenvalue weighted by molar-refractivity contribution is 7.98. The molecule has 0 saturated heterocycles. The Kier molecular flexibility index (Phi) is 6.81. The Bertz CT molecular complexity index is 93.6. The van der Waals surface area contributed by atoms with Gasteiger partial charge in [-0.3, -0.25) is 4.79 Å². The SMILES string of the molecule is CCOC(=O)CCCSC. The van der Waals surface area contributed by atoms with Gasteiger partial charge in [-0.05, 0) is 25.4 Å². The molecule has 0 rings (SSSR count). The van der Waals surface area contributed by atoms with Crippen LogP contribution >= 0.6 is 11.8 Å². The number of rotatable bonds is 5. The first-order valence-electron chi connectivity index (χ1n) is 3.45. The van der Waals surface area contributed by atoms with Crippen molar-refractivity contribution in [2.24, 2.45) is 0 Å². The molecule has 0 aromatic heterocycles. The van der Waals surface area contributed by atoms with Gasteiger partial charge >= 0.3 is 5.97 Å². The standard InChI is InChI=1S/C7H14O2S/c1-3-9-7(8)5-4-6-10-2/h3-6H2,1-2H3. The zero-order chi connectivity index (χ0) is 7.82. The van der Waals surface area contributed by atoms with Crippen molar-refractivity contribution in [1.82, 2.24) is 0 Å². The molecule has 3 heteroatoms. The quantitative estimate of drug-likeness (QED) is 0.454. The van der Waals surface area contributed by atoms with Crippen molar-refractivity contribution in [1.29, 1.82) is 0 Å². The number of hydrogen-bond acceptors (Lipinski definition) is 3. The Morgan fingerprint density at radius 3 is 2.80 bits per heavy atom. The first-order chi connectivity index (χ1) is 4.81. The second-order valence-corrected chi connectivity index (χ2v) is 2.89. The summed E-state index contributed by atoms with van der Waals surface area (Å²) in [5, 5.41) is 0. The second-order valence-electron chi connectivity index (χ2n) is 1.90. The number of carbonyl (C=O) groups excluding carboxylic acids is 1. The lowest BCUT2D eigenvalue weighted by atomic mass is 10.3. The van der Waals surface area contributed by atoms with Crippen molar-refractivity contribution in [3.8, 4) is 0 Å². The van der Waals surface area contributed by atoms with Gasteiger partial charge in [-0.2, -0.15) is 11.8 Å². The predicted octanol–water partition coefficient (Wildman–Crippen LogP) is 1.69. The summed E-state index contributed by atoms with van der Waals surface area (Å²) in [6.45, 7) is 2.32. The third-order valence-electron chi connectivity index (χ3n) is 1.03. The van der Waals surface area contributed by atoms with Gasteiger partial charge in [-0.15, -0.1) is 0 Å². The molecule has 0 aromatic rings. The summed E-state index contributed by atoms with van der Waals surface area (Å²) in [6, 6.07) is 0. The maximum atomic E-state index is 10.7. The molecule has 0 aliphatic heterocycles. The van der Waals surface area contributed by atoms with Crippen molar-refractivity contribution in [3.63, 3.8) is 0 Å². The van der Waals surface area contributed by atoms with Gasteiger partial charge in [0.05, 0.1) is 6.61 Å². The topological polar surface area (TPSA) is 26.3 Å². The third kappa shape index (κ3) is 5.95. The van der Waals surface area contributed by atoms with Gasteiger partial charge in [0, 0.05) is 6.42 Å². The molecule has 0 bridgehead atoms. The summed E-state index contributed by atoms with van der Waals surface area (Å²) in [4.78, 5) is 10.7. The number of carbonyl (C=O) groups is 1. The summed E-state index contributed by atoms with van der Waals surface area (Å²) in [5.41, 5.74) is 0. The van der Waals surface area contributed by atoms with Crippen LogP contribution in [-0.2, 0) is 9.53 Å². The van der Waals surface area contributed by atoms with Gasteiger partial charge in [0.25, 0.3) is 0 Å². The lowest BCUT2D eigenvalue weighted by Gasteiger charge is -1.99. The van der Waals surface area contributed by atoms with Crippen LogP contribution in [0.1, 0.15) is 19.8 Å². The van der Waals surface area contributed by atoms with Gasteiger partial charge < -0.3 is 4.74 Å². The molecule has 0 fully saturated rings. The highest BCUT2D eigenvalue weighted by Gasteiger charge is 1.98. The number of ether oxygens (including phenoxy) is 1. The average Bonchev–Trinajstić information content (AvgIpc) is 1.89. The lowest BCUT2D eigenvalue weighted by Crippen LogP contribution is -2.03. The summed E-state index contributed by atoms with van der Waals surface area (Å²) in [7, 11) is 0. The predicted molar refractivity (Wildman–Crippen MR) is 44.2 cm³/mol. The highest BCUT2D eigenvalue weighted by Crippen LogP contribution is 1.99. The molecule has 0 aromatic carbocycles. The van der Waals surface area contributed by atoms with Gasteiger partial charge in [-0.25, -0.2) is 0 Å². The molecular weight excluding hydrogens is 148 g/mol. The fraction of sp³-hybridized carbons (Fsp3) is 0.857. The minimum Gasteiger partial charge on any atom is -0.466 e. The Labute approximate surface area is 66.3 Å². The van der Waals surface area contributed by atoms with Crippen molar-refractivity contribution in [2.75, 3.05) is 18.6 Å². The van der Waals surface area contributed by atoms with Crippen LogP contribution in [0.2, 0.25) is 0 Å². The molecular formula is C7H14O2S. The first kappa shape index (κ1) is 9.82. The average molecular weight is 162 g/mol. The van der Waals surface area contributed by atoms with Gasteiger partial charge in [0.1, 0.15) is 0 Å². The maximum Gasteiger partial charge on any atom is 0.305 e. The van der Waals surface area contributed by atoms with Crippen LogP contribution in [0, 0.1) is 0 Å². The molecule has 0 atom stereocenters. The van der Waals surface area contributed by atoms with Crippen LogP contribution in [0.15, 0.2) is 0 Å². The summed E-state index contributed by atoms with van der Waals surface area (Å²) in [6.07, 6.45) is 3.53. The molecule has 0 radical (unpaired) electrons. The van der Waals surface area contributed by atoms with E-state index in [2.05, 4.69) is 0 Å². The van der Waals surface area contributed by atoms with E-state index in [9.17, 15) is 4.79 Å². The van der Waals surface area contributed by atoms with Crippen molar-refractivity contribution in [2.45, 2.75) is 19.8 Å². The lowest BCUT2D eigenvalue weighted by molar-refractivity contribution is -0.143. The number of esters is 1. The van der Waals surface area contributed by atoms with E-state index < -0.39 is 0 Å². The molecule has 60 valence electrons. The zero-order valence-corrected chi connectivity index (χ0v) is 7.37. The van der Waals surface area contributed by atoms with Crippen LogP contribution in [0.4, 0.5) is 0 Å². The number of hydrogen-bond donors (Lipinski definition) is 0. The molecule has 0 amide bonds. The van der Waals surface area contributed by atoms with Crippen molar-refractivity contribution in [3.05, 3.63) is 0 Å². The summed E-state index contributed by atoms with van der Waals surface area (Å²) < 4.78 is 4.74. The summed E-state index contributed by atoms with van der Waals surface area (Å²) in [5.74, 6) is 0.968. The molecule has 0 saturated carbocycles. The van der Waals surface area contributed by atoms with E-state index in [0.29, 0.717) is 13.0 Å². The van der Waals surface area contributed by atoms with Crippen LogP contribution in [0.3, 0.4) is 0 Å². The van der Waals surface area contributed by atoms with E-state index in [1.807, 2.05) is 13.2 Å². The van der Waals surface area contributed by atoms with Gasteiger partial charge in [-0.1, -0.05) is 0 Å². The minimum atomic E-state index is -0.0726.